The van der Waals surface area contributed by atoms with Gasteiger partial charge >= 0.3 is 0 Å². The van der Waals surface area contributed by atoms with Crippen molar-refractivity contribution in [1.29, 1.82) is 0 Å². The number of allylic oxidation sites excluding steroid dienone is 1. The predicted octanol–water partition coefficient (Wildman–Crippen LogP) is 4.16. The average Bonchev–Trinajstić information content (AvgIpc) is 3.32. The molecule has 0 radical (unpaired) electrons. The van der Waals surface area contributed by atoms with Gasteiger partial charge in [0.1, 0.15) is 0 Å². The van der Waals surface area contributed by atoms with Crippen LogP contribution >= 0.6 is 0 Å². The van der Waals surface area contributed by atoms with E-state index in [-0.39, 0.29) is 10.7 Å². The lowest BCUT2D eigenvalue weighted by molar-refractivity contribution is 0.104. The van der Waals surface area contributed by atoms with Crippen molar-refractivity contribution in [3.05, 3.63) is 59.7 Å². The van der Waals surface area contributed by atoms with Crippen LogP contribution < -0.4 is 9.47 Å². The standard InChI is InChI=1S/C23H27NO5S/c1-3-16-29-23-17-18(7-13-22(23)28-2)6-12-21(25)19-8-10-20(11-9-19)30(26,27)24-14-4-5-15-24/h6-13,17H,3-5,14-16H2,1-2H3/b12-6+. The normalized spacial score (nSPS) is 14.9. The largest absolute Gasteiger partial charge is 0.493 e. The van der Waals surface area contributed by atoms with Crippen LogP contribution in [0, 0.1) is 0 Å². The van der Waals surface area contributed by atoms with Crippen molar-refractivity contribution in [1.82, 2.24) is 4.31 Å². The van der Waals surface area contributed by atoms with Gasteiger partial charge in [0.15, 0.2) is 17.3 Å². The van der Waals surface area contributed by atoms with Gasteiger partial charge in [-0.25, -0.2) is 8.42 Å². The molecule has 2 aromatic carbocycles. The second kappa shape index (κ2) is 9.91. The topological polar surface area (TPSA) is 72.9 Å². The molecule has 1 saturated heterocycles. The van der Waals surface area contributed by atoms with Gasteiger partial charge in [-0.05, 0) is 67.3 Å². The number of carbonyl (C=O) groups excluding carboxylic acids is 1. The van der Waals surface area contributed by atoms with Crippen molar-refractivity contribution >= 4 is 21.9 Å². The number of hydrogen-bond acceptors (Lipinski definition) is 5. The van der Waals surface area contributed by atoms with E-state index in [0.717, 1.165) is 24.8 Å². The molecule has 30 heavy (non-hydrogen) atoms. The van der Waals surface area contributed by atoms with Crippen LogP contribution in [0.2, 0.25) is 0 Å². The molecule has 0 unspecified atom stereocenters. The lowest BCUT2D eigenvalue weighted by Crippen LogP contribution is -2.27. The Kier molecular flexibility index (Phi) is 7.29. The number of carbonyl (C=O) groups is 1. The Morgan fingerprint density at radius 2 is 1.77 bits per heavy atom. The van der Waals surface area contributed by atoms with E-state index in [9.17, 15) is 13.2 Å². The van der Waals surface area contributed by atoms with Crippen molar-refractivity contribution in [2.24, 2.45) is 0 Å². The van der Waals surface area contributed by atoms with Gasteiger partial charge in [-0.15, -0.1) is 0 Å². The number of sulfonamides is 1. The highest BCUT2D eigenvalue weighted by Crippen LogP contribution is 2.29. The zero-order valence-electron chi connectivity index (χ0n) is 17.3. The SMILES string of the molecule is CCCOc1cc(/C=C/C(=O)c2ccc(S(=O)(=O)N3CCCC3)cc2)ccc1OC. The minimum atomic E-state index is -3.48. The Morgan fingerprint density at radius 1 is 1.07 bits per heavy atom. The maximum absolute atomic E-state index is 12.6. The lowest BCUT2D eigenvalue weighted by Gasteiger charge is -2.15. The van der Waals surface area contributed by atoms with Gasteiger partial charge in [0, 0.05) is 18.7 Å². The highest BCUT2D eigenvalue weighted by molar-refractivity contribution is 7.89. The van der Waals surface area contributed by atoms with Gasteiger partial charge in [-0.1, -0.05) is 19.1 Å². The molecule has 0 aliphatic carbocycles. The number of benzene rings is 2. The van der Waals surface area contributed by atoms with Gasteiger partial charge in [0.2, 0.25) is 10.0 Å². The summed E-state index contributed by atoms with van der Waals surface area (Å²) in [5.41, 5.74) is 1.24. The first-order chi connectivity index (χ1) is 14.5. The molecule has 2 aromatic rings. The molecular formula is C23H27NO5S. The Balaban J connectivity index is 1.72. The molecule has 3 rings (SSSR count). The molecule has 0 saturated carbocycles. The predicted molar refractivity (Wildman–Crippen MR) is 117 cm³/mol. The Morgan fingerprint density at radius 3 is 2.40 bits per heavy atom. The zero-order valence-corrected chi connectivity index (χ0v) is 18.2. The molecule has 6 nitrogen and oxygen atoms in total. The highest BCUT2D eigenvalue weighted by Gasteiger charge is 2.27. The maximum Gasteiger partial charge on any atom is 0.243 e. The molecule has 0 N–H and O–H groups in total. The Hall–Kier alpha value is -2.64. The molecule has 1 aliphatic rings. The van der Waals surface area contributed by atoms with Crippen molar-refractivity contribution in [3.8, 4) is 11.5 Å². The third-order valence-corrected chi connectivity index (χ3v) is 6.83. The summed E-state index contributed by atoms with van der Waals surface area (Å²) in [5.74, 6) is 1.07. The molecule has 160 valence electrons. The molecular weight excluding hydrogens is 402 g/mol. The summed E-state index contributed by atoms with van der Waals surface area (Å²) >= 11 is 0. The minimum absolute atomic E-state index is 0.202. The van der Waals surface area contributed by atoms with E-state index in [1.54, 1.807) is 31.4 Å². The van der Waals surface area contributed by atoms with E-state index in [0.29, 0.717) is 36.8 Å². The van der Waals surface area contributed by atoms with E-state index in [1.807, 2.05) is 19.1 Å². The molecule has 0 aromatic heterocycles. The van der Waals surface area contributed by atoms with Crippen LogP contribution in [0.15, 0.2) is 53.4 Å². The molecule has 7 heteroatoms. The second-order valence-electron chi connectivity index (χ2n) is 7.09. The quantitative estimate of drug-likeness (QED) is 0.442. The first kappa shape index (κ1) is 22.1. The van der Waals surface area contributed by atoms with Crippen LogP contribution in [0.3, 0.4) is 0 Å². The molecule has 1 aliphatic heterocycles. The number of methoxy groups -OCH3 is 1. The van der Waals surface area contributed by atoms with Crippen molar-refractivity contribution in [3.63, 3.8) is 0 Å². The van der Waals surface area contributed by atoms with Gasteiger partial charge in [0.05, 0.1) is 18.6 Å². The third-order valence-electron chi connectivity index (χ3n) is 4.92. The smallest absolute Gasteiger partial charge is 0.243 e. The summed E-state index contributed by atoms with van der Waals surface area (Å²) in [6, 6.07) is 11.6. The number of ether oxygens (including phenoxy) is 2. The molecule has 0 spiro atoms. The summed E-state index contributed by atoms with van der Waals surface area (Å²) in [7, 11) is -1.89. The number of nitrogens with zero attached hydrogens (tertiary/aromatic N) is 1. The van der Waals surface area contributed by atoms with Crippen LogP contribution in [-0.2, 0) is 10.0 Å². The van der Waals surface area contributed by atoms with E-state index >= 15 is 0 Å². The van der Waals surface area contributed by atoms with E-state index in [4.69, 9.17) is 9.47 Å². The van der Waals surface area contributed by atoms with Gasteiger partial charge in [0.25, 0.3) is 0 Å². The van der Waals surface area contributed by atoms with E-state index in [2.05, 4.69) is 0 Å². The second-order valence-corrected chi connectivity index (χ2v) is 9.03. The summed E-state index contributed by atoms with van der Waals surface area (Å²) in [6.07, 6.45) is 5.82. The van der Waals surface area contributed by atoms with Crippen LogP contribution in [0.4, 0.5) is 0 Å². The number of ketones is 1. The summed E-state index contributed by atoms with van der Waals surface area (Å²) < 4.78 is 37.7. The monoisotopic (exact) mass is 429 g/mol. The summed E-state index contributed by atoms with van der Waals surface area (Å²) in [5, 5.41) is 0. The fourth-order valence-corrected chi connectivity index (χ4v) is 4.78. The molecule has 0 atom stereocenters. The summed E-state index contributed by atoms with van der Waals surface area (Å²) in [4.78, 5) is 12.7. The summed E-state index contributed by atoms with van der Waals surface area (Å²) in [6.45, 7) is 3.71. The Labute approximate surface area is 178 Å². The zero-order chi connectivity index (χ0) is 21.6. The fourth-order valence-electron chi connectivity index (χ4n) is 3.26. The highest BCUT2D eigenvalue weighted by atomic mass is 32.2. The number of rotatable bonds is 9. The average molecular weight is 430 g/mol. The van der Waals surface area contributed by atoms with E-state index in [1.165, 1.54) is 22.5 Å². The lowest BCUT2D eigenvalue weighted by atomic mass is 10.1. The molecule has 1 heterocycles. The van der Waals surface area contributed by atoms with E-state index < -0.39 is 10.0 Å². The fraction of sp³-hybridized carbons (Fsp3) is 0.348. The molecule has 1 fully saturated rings. The maximum atomic E-state index is 12.6. The van der Waals surface area contributed by atoms with Crippen molar-refractivity contribution < 1.29 is 22.7 Å². The van der Waals surface area contributed by atoms with Gasteiger partial charge < -0.3 is 9.47 Å². The molecule has 0 bridgehead atoms. The third kappa shape index (κ3) is 5.09. The van der Waals surface area contributed by atoms with Crippen LogP contribution in [0.1, 0.15) is 42.1 Å². The number of hydrogen-bond donors (Lipinski definition) is 0. The van der Waals surface area contributed by atoms with Crippen molar-refractivity contribution in [2.75, 3.05) is 26.8 Å². The van der Waals surface area contributed by atoms with Gasteiger partial charge in [-0.3, -0.25) is 4.79 Å². The first-order valence-electron chi connectivity index (χ1n) is 10.1. The van der Waals surface area contributed by atoms with Gasteiger partial charge in [-0.2, -0.15) is 4.31 Å². The minimum Gasteiger partial charge on any atom is -0.493 e. The van der Waals surface area contributed by atoms with Crippen LogP contribution in [-0.4, -0.2) is 45.3 Å². The Bertz CT molecular complexity index is 1010. The first-order valence-corrected chi connectivity index (χ1v) is 11.5. The molecule has 0 amide bonds. The van der Waals surface area contributed by atoms with Crippen LogP contribution in [0.25, 0.3) is 6.08 Å². The van der Waals surface area contributed by atoms with Crippen LogP contribution in [0.5, 0.6) is 11.5 Å². The van der Waals surface area contributed by atoms with Crippen molar-refractivity contribution in [2.45, 2.75) is 31.1 Å².